The number of hydrogen-bond donors (Lipinski definition) is 1. The topological polar surface area (TPSA) is 29.5 Å². The Morgan fingerprint density at radius 2 is 2.17 bits per heavy atom. The average molecular weight is 190 g/mol. The van der Waals surface area contributed by atoms with Gasteiger partial charge >= 0.3 is 0 Å². The van der Waals surface area contributed by atoms with E-state index in [2.05, 4.69) is 20.8 Å². The van der Waals surface area contributed by atoms with Crippen molar-refractivity contribution in [3.8, 4) is 0 Å². The Kier molecular flexibility index (Phi) is 1.77. The molecular formula is C9H18O2S. The maximum atomic E-state index is 10.1. The van der Waals surface area contributed by atoms with Gasteiger partial charge in [0.2, 0.25) is 0 Å². The fraction of sp³-hybridized carbons (Fsp3) is 1.00. The fourth-order valence-corrected chi connectivity index (χ4v) is 6.37. The van der Waals surface area contributed by atoms with Crippen molar-refractivity contribution in [2.75, 3.05) is 5.75 Å². The zero-order valence-corrected chi connectivity index (χ0v) is 8.86. The van der Waals surface area contributed by atoms with Crippen LogP contribution >= 0.6 is 10.6 Å². The van der Waals surface area contributed by atoms with Crippen molar-refractivity contribution in [2.24, 2.45) is 5.92 Å². The third-order valence-corrected chi connectivity index (χ3v) is 6.47. The average Bonchev–Trinajstić information content (AvgIpc) is 1.81. The maximum Gasteiger partial charge on any atom is 0.108 e. The molecule has 0 aromatic carbocycles. The third-order valence-electron chi connectivity index (χ3n) is 3.05. The van der Waals surface area contributed by atoms with Crippen LogP contribution in [-0.2, 0) is 4.18 Å². The van der Waals surface area contributed by atoms with Crippen LogP contribution in [-0.4, -0.2) is 21.2 Å². The molecule has 2 fully saturated rings. The molecule has 2 aliphatic heterocycles. The van der Waals surface area contributed by atoms with E-state index in [1.165, 1.54) is 6.42 Å². The van der Waals surface area contributed by atoms with Gasteiger partial charge in [-0.2, -0.15) is 10.6 Å². The highest BCUT2D eigenvalue weighted by atomic mass is 32.3. The molecule has 3 atom stereocenters. The smallest absolute Gasteiger partial charge is 0.108 e. The predicted molar refractivity (Wildman–Crippen MR) is 52.4 cm³/mol. The van der Waals surface area contributed by atoms with Gasteiger partial charge in [0, 0.05) is 5.75 Å². The second kappa shape index (κ2) is 2.40. The van der Waals surface area contributed by atoms with Gasteiger partial charge in [-0.05, 0) is 32.6 Å². The van der Waals surface area contributed by atoms with E-state index in [1.54, 1.807) is 0 Å². The Morgan fingerprint density at radius 1 is 1.50 bits per heavy atom. The molecule has 0 radical (unpaired) electrons. The summed E-state index contributed by atoms with van der Waals surface area (Å²) >= 11 is 0. The second-order valence-corrected chi connectivity index (χ2v) is 7.08. The van der Waals surface area contributed by atoms with Crippen molar-refractivity contribution in [1.82, 2.24) is 0 Å². The summed E-state index contributed by atoms with van der Waals surface area (Å²) in [6, 6.07) is 0. The molecule has 0 aromatic rings. The molecule has 12 heavy (non-hydrogen) atoms. The van der Waals surface area contributed by atoms with Crippen LogP contribution < -0.4 is 0 Å². The molecule has 2 nitrogen and oxygen atoms in total. The Bertz CT molecular complexity index is 205. The van der Waals surface area contributed by atoms with Crippen LogP contribution in [0.3, 0.4) is 0 Å². The molecule has 0 amide bonds. The Labute approximate surface area is 76.0 Å². The van der Waals surface area contributed by atoms with Crippen molar-refractivity contribution in [3.63, 3.8) is 0 Å². The standard InChI is InChI=1S/C9H18O2S/c1-7-5-4-6-12(10)8(7)9(2,3)11-12/h7-8,10H,4-6H2,1-3H3. The summed E-state index contributed by atoms with van der Waals surface area (Å²) in [6.45, 7) is 6.44. The largest absolute Gasteiger partial charge is 0.299 e. The van der Waals surface area contributed by atoms with E-state index in [-0.39, 0.29) is 5.60 Å². The monoisotopic (exact) mass is 190 g/mol. The molecule has 72 valence electrons. The first-order valence-corrected chi connectivity index (χ1v) is 6.43. The zero-order valence-electron chi connectivity index (χ0n) is 8.04. The van der Waals surface area contributed by atoms with E-state index in [4.69, 9.17) is 4.18 Å². The second-order valence-electron chi connectivity index (χ2n) is 4.62. The van der Waals surface area contributed by atoms with E-state index in [0.29, 0.717) is 11.2 Å². The first-order valence-electron chi connectivity index (χ1n) is 4.69. The molecule has 0 spiro atoms. The zero-order chi connectivity index (χ0) is 8.98. The number of rotatable bonds is 0. The number of hydrogen-bond acceptors (Lipinski definition) is 2. The highest BCUT2D eigenvalue weighted by Crippen LogP contribution is 2.70. The summed E-state index contributed by atoms with van der Waals surface area (Å²) in [5.41, 5.74) is -0.0656. The molecule has 3 unspecified atom stereocenters. The van der Waals surface area contributed by atoms with Crippen LogP contribution in [0.1, 0.15) is 33.6 Å². The van der Waals surface area contributed by atoms with Gasteiger partial charge in [-0.25, -0.2) is 0 Å². The van der Waals surface area contributed by atoms with Gasteiger partial charge in [-0.3, -0.25) is 8.74 Å². The van der Waals surface area contributed by atoms with Crippen molar-refractivity contribution in [1.29, 1.82) is 0 Å². The fourth-order valence-electron chi connectivity index (χ4n) is 2.85. The van der Waals surface area contributed by atoms with Gasteiger partial charge in [0.15, 0.2) is 0 Å². The Balaban J connectivity index is 2.20. The minimum absolute atomic E-state index is 0.0656. The SMILES string of the molecule is CC1CCCS2(O)OC(C)(C)C12. The molecule has 0 aliphatic carbocycles. The van der Waals surface area contributed by atoms with E-state index >= 15 is 0 Å². The quantitative estimate of drug-likeness (QED) is 0.636. The molecule has 1 N–H and O–H groups in total. The molecule has 2 heterocycles. The number of fused-ring (bicyclic) bond motifs is 1. The van der Waals surface area contributed by atoms with E-state index < -0.39 is 10.6 Å². The van der Waals surface area contributed by atoms with Gasteiger partial charge in [0.25, 0.3) is 0 Å². The van der Waals surface area contributed by atoms with E-state index in [0.717, 1.165) is 12.2 Å². The van der Waals surface area contributed by atoms with Crippen LogP contribution in [0.5, 0.6) is 0 Å². The Hall–Kier alpha value is 0.270. The first kappa shape index (κ1) is 8.85. The van der Waals surface area contributed by atoms with E-state index in [1.807, 2.05) is 0 Å². The molecular weight excluding hydrogens is 172 g/mol. The molecule has 0 bridgehead atoms. The molecule has 2 aliphatic rings. The minimum atomic E-state index is -1.64. The summed E-state index contributed by atoms with van der Waals surface area (Å²) in [6.07, 6.45) is 2.40. The maximum absolute atomic E-state index is 10.1. The first-order chi connectivity index (χ1) is 5.46. The van der Waals surface area contributed by atoms with Gasteiger partial charge in [0.05, 0.1) is 5.25 Å². The lowest BCUT2D eigenvalue weighted by Gasteiger charge is -2.67. The van der Waals surface area contributed by atoms with Crippen molar-refractivity contribution in [2.45, 2.75) is 44.5 Å². The highest BCUT2D eigenvalue weighted by Gasteiger charge is 2.57. The summed E-state index contributed by atoms with van der Waals surface area (Å²) < 4.78 is 15.7. The van der Waals surface area contributed by atoms with Crippen molar-refractivity contribution < 1.29 is 8.74 Å². The highest BCUT2D eigenvalue weighted by molar-refractivity contribution is 8.26. The summed E-state index contributed by atoms with van der Waals surface area (Å²) in [4.78, 5) is 0. The van der Waals surface area contributed by atoms with Crippen LogP contribution in [0.2, 0.25) is 0 Å². The minimum Gasteiger partial charge on any atom is -0.299 e. The lowest BCUT2D eigenvalue weighted by atomic mass is 9.90. The Morgan fingerprint density at radius 3 is 2.58 bits per heavy atom. The summed E-state index contributed by atoms with van der Waals surface area (Å²) in [5.74, 6) is 1.55. The van der Waals surface area contributed by atoms with E-state index in [9.17, 15) is 4.55 Å². The molecule has 3 heteroatoms. The lowest BCUT2D eigenvalue weighted by molar-refractivity contribution is 0.0212. The van der Waals surface area contributed by atoms with Crippen LogP contribution in [0.4, 0.5) is 0 Å². The predicted octanol–water partition coefficient (Wildman–Crippen LogP) is 2.79. The van der Waals surface area contributed by atoms with Crippen LogP contribution in [0.25, 0.3) is 0 Å². The van der Waals surface area contributed by atoms with Gasteiger partial charge in [-0.1, -0.05) is 6.92 Å². The van der Waals surface area contributed by atoms with Gasteiger partial charge in [0.1, 0.15) is 5.60 Å². The summed E-state index contributed by atoms with van der Waals surface area (Å²) in [5, 5.41) is 0.429. The van der Waals surface area contributed by atoms with Crippen molar-refractivity contribution >= 4 is 10.6 Å². The van der Waals surface area contributed by atoms with Gasteiger partial charge in [-0.15, -0.1) is 0 Å². The molecule has 0 aromatic heterocycles. The normalized spacial score (nSPS) is 56.3. The van der Waals surface area contributed by atoms with Crippen molar-refractivity contribution in [3.05, 3.63) is 0 Å². The summed E-state index contributed by atoms with van der Waals surface area (Å²) in [7, 11) is -1.64. The van der Waals surface area contributed by atoms with Crippen LogP contribution in [0, 0.1) is 5.92 Å². The third kappa shape index (κ3) is 1.03. The molecule has 2 rings (SSSR count). The van der Waals surface area contributed by atoms with Gasteiger partial charge < -0.3 is 0 Å². The molecule has 0 saturated carbocycles. The van der Waals surface area contributed by atoms with Crippen LogP contribution in [0.15, 0.2) is 0 Å². The molecule has 2 saturated heterocycles. The lowest BCUT2D eigenvalue weighted by Crippen LogP contribution is -2.59.